The van der Waals surface area contributed by atoms with Crippen molar-refractivity contribution >= 4 is 0 Å². The molecule has 158 valence electrons. The standard InChI is InChI=1S/C27H45N/c1-27-16-4-2-3-9-22(21-10-7-11-21)14-15-23(20-27)25-19-24(12-8-13-26(25)27)28-17-5-6-18-28/h9,21,23-26H,2-8,10-20H2,1H3/b22-9+/t23?,24-,25?,26?,27+/m0/s1. The fourth-order valence-corrected chi connectivity index (χ4v) is 8.28. The van der Waals surface area contributed by atoms with E-state index in [0.717, 1.165) is 29.7 Å². The first kappa shape index (κ1) is 19.7. The van der Waals surface area contributed by atoms with Gasteiger partial charge >= 0.3 is 0 Å². The second-order valence-electron chi connectivity index (χ2n) is 11.6. The quantitative estimate of drug-likeness (QED) is 0.450. The molecule has 0 N–H and O–H groups in total. The highest BCUT2D eigenvalue weighted by Gasteiger charge is 2.51. The highest BCUT2D eigenvalue weighted by Crippen LogP contribution is 2.59. The molecule has 4 aliphatic carbocycles. The summed E-state index contributed by atoms with van der Waals surface area (Å²) in [6.07, 6.45) is 26.6. The number of hydrogen-bond donors (Lipinski definition) is 0. The Morgan fingerprint density at radius 2 is 1.71 bits per heavy atom. The molecule has 4 fully saturated rings. The number of likely N-dealkylation sites (tertiary alicyclic amines) is 1. The highest BCUT2D eigenvalue weighted by atomic mass is 15.2. The Labute approximate surface area is 174 Å². The Bertz CT molecular complexity index is 555. The lowest BCUT2D eigenvalue weighted by atomic mass is 9.71. The molecule has 5 aliphatic rings. The topological polar surface area (TPSA) is 3.24 Å². The summed E-state index contributed by atoms with van der Waals surface area (Å²) in [6.45, 7) is 5.52. The van der Waals surface area contributed by atoms with Crippen molar-refractivity contribution in [3.8, 4) is 0 Å². The molecule has 1 aliphatic heterocycles. The molecule has 28 heavy (non-hydrogen) atoms. The maximum Gasteiger partial charge on any atom is 0.00981 e. The van der Waals surface area contributed by atoms with E-state index in [1.54, 1.807) is 19.3 Å². The third kappa shape index (κ3) is 3.86. The molecule has 0 radical (unpaired) electrons. The van der Waals surface area contributed by atoms with Gasteiger partial charge in [0.1, 0.15) is 0 Å². The van der Waals surface area contributed by atoms with Crippen molar-refractivity contribution in [1.29, 1.82) is 0 Å². The average Bonchev–Trinajstić information content (AvgIpc) is 3.17. The number of nitrogens with zero attached hydrogens (tertiary/aromatic N) is 1. The van der Waals surface area contributed by atoms with Crippen molar-refractivity contribution in [2.24, 2.45) is 29.1 Å². The molecule has 0 aromatic carbocycles. The van der Waals surface area contributed by atoms with E-state index in [0.29, 0.717) is 5.41 Å². The molecule has 0 aromatic heterocycles. The Morgan fingerprint density at radius 1 is 0.893 bits per heavy atom. The van der Waals surface area contributed by atoms with Crippen LogP contribution in [0.4, 0.5) is 0 Å². The van der Waals surface area contributed by atoms with E-state index in [9.17, 15) is 0 Å². The zero-order chi connectivity index (χ0) is 19.0. The molecule has 3 unspecified atom stereocenters. The van der Waals surface area contributed by atoms with Gasteiger partial charge in [-0.25, -0.2) is 0 Å². The molecule has 0 spiro atoms. The van der Waals surface area contributed by atoms with Crippen molar-refractivity contribution in [1.82, 2.24) is 4.90 Å². The third-order valence-corrected chi connectivity index (χ3v) is 10.0. The van der Waals surface area contributed by atoms with Crippen LogP contribution in [0.3, 0.4) is 0 Å². The molecule has 5 rings (SSSR count). The predicted molar refractivity (Wildman–Crippen MR) is 119 cm³/mol. The van der Waals surface area contributed by atoms with Gasteiger partial charge in [-0.05, 0) is 126 Å². The van der Waals surface area contributed by atoms with Gasteiger partial charge in [0.15, 0.2) is 0 Å². The summed E-state index contributed by atoms with van der Waals surface area (Å²) >= 11 is 0. The number of allylic oxidation sites excluding steroid dienone is 2. The van der Waals surface area contributed by atoms with Gasteiger partial charge in [-0.2, -0.15) is 0 Å². The first-order valence-corrected chi connectivity index (χ1v) is 13.2. The SMILES string of the molecule is C[C@@]12CCCC/C=C(/C3CCC3)CCC(C1)C1C[C@@H](N3CCCC3)CCCC12. The van der Waals surface area contributed by atoms with Gasteiger partial charge in [0, 0.05) is 6.04 Å². The van der Waals surface area contributed by atoms with E-state index in [4.69, 9.17) is 0 Å². The van der Waals surface area contributed by atoms with E-state index in [-0.39, 0.29) is 0 Å². The minimum absolute atomic E-state index is 0.663. The van der Waals surface area contributed by atoms with Crippen molar-refractivity contribution in [3.05, 3.63) is 11.6 Å². The molecule has 1 saturated heterocycles. The van der Waals surface area contributed by atoms with Crippen LogP contribution in [0.5, 0.6) is 0 Å². The van der Waals surface area contributed by atoms with Gasteiger partial charge in [0.25, 0.3) is 0 Å². The van der Waals surface area contributed by atoms with E-state index < -0.39 is 0 Å². The fraction of sp³-hybridized carbons (Fsp3) is 0.926. The summed E-state index contributed by atoms with van der Waals surface area (Å²) < 4.78 is 0. The maximum absolute atomic E-state index is 2.90. The summed E-state index contributed by atoms with van der Waals surface area (Å²) in [7, 11) is 0. The van der Waals surface area contributed by atoms with Gasteiger partial charge in [0.05, 0.1) is 0 Å². The first-order valence-electron chi connectivity index (χ1n) is 13.2. The van der Waals surface area contributed by atoms with Crippen LogP contribution in [-0.2, 0) is 0 Å². The summed E-state index contributed by atoms with van der Waals surface area (Å²) in [4.78, 5) is 2.90. The second kappa shape index (κ2) is 8.44. The maximum atomic E-state index is 2.90. The van der Waals surface area contributed by atoms with Crippen molar-refractivity contribution in [3.63, 3.8) is 0 Å². The molecule has 0 amide bonds. The fourth-order valence-electron chi connectivity index (χ4n) is 8.28. The summed E-state index contributed by atoms with van der Waals surface area (Å²) in [5, 5.41) is 0. The third-order valence-electron chi connectivity index (χ3n) is 10.0. The molecular weight excluding hydrogens is 338 g/mol. The van der Waals surface area contributed by atoms with Crippen LogP contribution in [0.15, 0.2) is 11.6 Å². The van der Waals surface area contributed by atoms with Gasteiger partial charge < -0.3 is 4.90 Å². The number of rotatable bonds is 2. The van der Waals surface area contributed by atoms with Crippen LogP contribution in [0.2, 0.25) is 0 Å². The number of hydrogen-bond acceptors (Lipinski definition) is 1. The van der Waals surface area contributed by atoms with Crippen molar-refractivity contribution < 1.29 is 0 Å². The minimum Gasteiger partial charge on any atom is -0.300 e. The average molecular weight is 384 g/mol. The van der Waals surface area contributed by atoms with Crippen LogP contribution in [-0.4, -0.2) is 24.0 Å². The minimum atomic E-state index is 0.663. The lowest BCUT2D eigenvalue weighted by molar-refractivity contribution is 0.146. The summed E-state index contributed by atoms with van der Waals surface area (Å²) in [5.74, 6) is 4.09. The molecule has 5 atom stereocenters. The van der Waals surface area contributed by atoms with E-state index in [1.165, 1.54) is 96.6 Å². The molecule has 0 aromatic rings. The van der Waals surface area contributed by atoms with E-state index >= 15 is 0 Å². The zero-order valence-electron chi connectivity index (χ0n) is 18.6. The van der Waals surface area contributed by atoms with Gasteiger partial charge in [-0.3, -0.25) is 0 Å². The second-order valence-corrected chi connectivity index (χ2v) is 11.6. The summed E-state index contributed by atoms with van der Waals surface area (Å²) in [6, 6.07) is 0.928. The van der Waals surface area contributed by atoms with Crippen molar-refractivity contribution in [2.45, 2.75) is 116 Å². The molecule has 3 saturated carbocycles. The largest absolute Gasteiger partial charge is 0.300 e. The van der Waals surface area contributed by atoms with Gasteiger partial charge in [-0.1, -0.05) is 37.8 Å². The van der Waals surface area contributed by atoms with Crippen LogP contribution in [0, 0.1) is 29.1 Å². The summed E-state index contributed by atoms with van der Waals surface area (Å²) in [5.41, 5.74) is 2.55. The van der Waals surface area contributed by atoms with Gasteiger partial charge in [-0.15, -0.1) is 0 Å². The Hall–Kier alpha value is -0.300. The van der Waals surface area contributed by atoms with Crippen LogP contribution in [0.25, 0.3) is 0 Å². The Morgan fingerprint density at radius 3 is 2.50 bits per heavy atom. The smallest absolute Gasteiger partial charge is 0.00981 e. The van der Waals surface area contributed by atoms with E-state index in [2.05, 4.69) is 17.9 Å². The van der Waals surface area contributed by atoms with Crippen LogP contribution in [0.1, 0.15) is 110 Å². The van der Waals surface area contributed by atoms with Crippen LogP contribution < -0.4 is 0 Å². The Balaban J connectivity index is 1.35. The zero-order valence-corrected chi connectivity index (χ0v) is 18.6. The van der Waals surface area contributed by atoms with Crippen molar-refractivity contribution in [2.75, 3.05) is 13.1 Å². The lowest BCUT2D eigenvalue weighted by Gasteiger charge is -2.35. The van der Waals surface area contributed by atoms with Crippen LogP contribution >= 0.6 is 0 Å². The van der Waals surface area contributed by atoms with Gasteiger partial charge in [0.2, 0.25) is 0 Å². The molecule has 1 nitrogen and oxygen atoms in total. The molecular formula is C27H45N. The first-order chi connectivity index (χ1) is 13.7. The predicted octanol–water partition coefficient (Wildman–Crippen LogP) is 7.36. The molecule has 1 heteroatoms. The normalized spacial score (nSPS) is 45.4. The Kier molecular flexibility index (Phi) is 5.93. The molecule has 1 heterocycles. The lowest BCUT2D eigenvalue weighted by Crippen LogP contribution is -2.35. The monoisotopic (exact) mass is 383 g/mol. The highest BCUT2D eigenvalue weighted by molar-refractivity contribution is 5.11. The number of fused-ring (bicyclic) bond motifs is 5. The van der Waals surface area contributed by atoms with E-state index in [1.807, 2.05) is 5.57 Å². The molecule has 2 bridgehead atoms.